The molecule has 3 N–H and O–H groups in total. The molecule has 3 amide bonds. The predicted molar refractivity (Wildman–Crippen MR) is 127 cm³/mol. The number of hydrogen-bond acceptors (Lipinski definition) is 5. The number of likely N-dealkylation sites (tertiary alicyclic amines) is 1. The van der Waals surface area contributed by atoms with E-state index in [4.69, 9.17) is 5.73 Å². The molecule has 2 fully saturated rings. The lowest BCUT2D eigenvalue weighted by atomic mass is 9.81. The average molecular weight is 453 g/mol. The number of nitrogens with two attached hydrogens (primary N) is 1. The molecular weight excluding hydrogens is 412 g/mol. The molecule has 1 aliphatic heterocycles. The van der Waals surface area contributed by atoms with Crippen molar-refractivity contribution in [3.63, 3.8) is 0 Å². The van der Waals surface area contributed by atoms with Crippen molar-refractivity contribution in [2.45, 2.75) is 83.9 Å². The Kier molecular flexibility index (Phi) is 10.3. The van der Waals surface area contributed by atoms with Crippen LogP contribution >= 0.6 is 11.8 Å². The van der Waals surface area contributed by atoms with Crippen molar-refractivity contribution in [1.82, 2.24) is 10.2 Å². The highest BCUT2D eigenvalue weighted by molar-refractivity contribution is 8.00. The van der Waals surface area contributed by atoms with Crippen LogP contribution in [0.15, 0.2) is 4.99 Å². The first-order valence-corrected chi connectivity index (χ1v) is 12.8. The second-order valence-corrected chi connectivity index (χ2v) is 10.9. The Morgan fingerprint density at radius 3 is 2.48 bits per heavy atom. The van der Waals surface area contributed by atoms with Crippen LogP contribution in [-0.2, 0) is 14.4 Å². The summed E-state index contributed by atoms with van der Waals surface area (Å²) >= 11 is 1.56. The van der Waals surface area contributed by atoms with Gasteiger partial charge in [-0.05, 0) is 63.5 Å². The molecule has 0 aromatic rings. The first-order valence-electron chi connectivity index (χ1n) is 11.7. The molecule has 0 bridgehead atoms. The van der Waals surface area contributed by atoms with Gasteiger partial charge in [0.2, 0.25) is 17.7 Å². The predicted octanol–water partition coefficient (Wildman–Crippen LogP) is 2.97. The Hall–Kier alpha value is -1.57. The molecule has 8 heteroatoms. The minimum Gasteiger partial charge on any atom is -0.387 e. The average Bonchev–Trinajstić information content (AvgIpc) is 2.97. The minimum atomic E-state index is -0.269. The number of hydrogen-bond donors (Lipinski definition) is 2. The number of thioether (sulfide) groups is 1. The lowest BCUT2D eigenvalue weighted by Crippen LogP contribution is -2.40. The van der Waals surface area contributed by atoms with Crippen LogP contribution in [0.2, 0.25) is 0 Å². The second kappa shape index (κ2) is 12.5. The Balaban J connectivity index is 1.71. The molecule has 1 aliphatic carbocycles. The zero-order valence-corrected chi connectivity index (χ0v) is 20.4. The summed E-state index contributed by atoms with van der Waals surface area (Å²) < 4.78 is 0. The molecule has 7 nitrogen and oxygen atoms in total. The lowest BCUT2D eigenvalue weighted by Gasteiger charge is -2.30. The number of nitrogens with zero attached hydrogens (tertiary/aromatic N) is 2. The summed E-state index contributed by atoms with van der Waals surface area (Å²) in [5.74, 6) is 2.35. The Morgan fingerprint density at radius 2 is 1.87 bits per heavy atom. The van der Waals surface area contributed by atoms with Gasteiger partial charge in [0.1, 0.15) is 0 Å². The molecular formula is C23H40N4O3S. The van der Waals surface area contributed by atoms with Crippen LogP contribution in [0.1, 0.15) is 72.6 Å². The maximum absolute atomic E-state index is 12.8. The van der Waals surface area contributed by atoms with Gasteiger partial charge in [0, 0.05) is 37.9 Å². The molecule has 31 heavy (non-hydrogen) atoms. The van der Waals surface area contributed by atoms with E-state index in [9.17, 15) is 14.4 Å². The molecule has 2 rings (SSSR count). The van der Waals surface area contributed by atoms with Gasteiger partial charge in [-0.2, -0.15) is 0 Å². The van der Waals surface area contributed by atoms with Gasteiger partial charge >= 0.3 is 0 Å². The third-order valence-corrected chi connectivity index (χ3v) is 7.14. The number of imide groups is 1. The van der Waals surface area contributed by atoms with Crippen molar-refractivity contribution in [3.05, 3.63) is 0 Å². The van der Waals surface area contributed by atoms with Crippen LogP contribution in [0.5, 0.6) is 0 Å². The quantitative estimate of drug-likeness (QED) is 0.217. The van der Waals surface area contributed by atoms with Crippen LogP contribution in [0.25, 0.3) is 0 Å². The van der Waals surface area contributed by atoms with E-state index in [-0.39, 0.29) is 34.9 Å². The van der Waals surface area contributed by atoms with E-state index in [1.807, 2.05) is 13.8 Å². The van der Waals surface area contributed by atoms with Gasteiger partial charge in [-0.1, -0.05) is 13.8 Å². The molecule has 2 aliphatic rings. The fraction of sp³-hybridized carbons (Fsp3) is 0.826. The van der Waals surface area contributed by atoms with E-state index < -0.39 is 0 Å². The summed E-state index contributed by atoms with van der Waals surface area (Å²) in [5, 5.41) is 2.72. The van der Waals surface area contributed by atoms with Crippen molar-refractivity contribution in [2.24, 2.45) is 28.5 Å². The maximum atomic E-state index is 12.8. The molecule has 1 heterocycles. The zero-order chi connectivity index (χ0) is 23.0. The maximum Gasteiger partial charge on any atom is 0.242 e. The highest BCUT2D eigenvalue weighted by Gasteiger charge is 2.40. The fourth-order valence-electron chi connectivity index (χ4n) is 4.10. The molecule has 0 radical (unpaired) electrons. The summed E-state index contributed by atoms with van der Waals surface area (Å²) in [6, 6.07) is 0.156. The van der Waals surface area contributed by atoms with Crippen LogP contribution in [-0.4, -0.2) is 58.6 Å². The molecule has 176 valence electrons. The molecule has 0 aromatic carbocycles. The van der Waals surface area contributed by atoms with E-state index in [0.717, 1.165) is 50.8 Å². The molecule has 0 spiro atoms. The number of amides is 3. The first kappa shape index (κ1) is 25.7. The Labute approximate surface area is 191 Å². The largest absolute Gasteiger partial charge is 0.387 e. The van der Waals surface area contributed by atoms with Crippen LogP contribution in [0.3, 0.4) is 0 Å². The van der Waals surface area contributed by atoms with E-state index in [1.165, 1.54) is 4.90 Å². The third-order valence-electron chi connectivity index (χ3n) is 5.85. The van der Waals surface area contributed by atoms with Crippen molar-refractivity contribution in [2.75, 3.05) is 18.8 Å². The monoisotopic (exact) mass is 452 g/mol. The van der Waals surface area contributed by atoms with Gasteiger partial charge in [0.25, 0.3) is 0 Å². The highest BCUT2D eigenvalue weighted by atomic mass is 32.2. The topological polar surface area (TPSA) is 105 Å². The summed E-state index contributed by atoms with van der Waals surface area (Å²) in [6.45, 7) is 9.40. The molecule has 1 atom stereocenters. The van der Waals surface area contributed by atoms with Crippen molar-refractivity contribution >= 4 is 35.3 Å². The van der Waals surface area contributed by atoms with Gasteiger partial charge in [0.05, 0.1) is 11.1 Å². The normalized spacial score (nSPS) is 25.0. The zero-order valence-electron chi connectivity index (χ0n) is 19.6. The highest BCUT2D eigenvalue weighted by Crippen LogP contribution is 2.32. The van der Waals surface area contributed by atoms with Gasteiger partial charge in [-0.15, -0.1) is 11.8 Å². The van der Waals surface area contributed by atoms with Crippen LogP contribution in [0, 0.1) is 17.8 Å². The van der Waals surface area contributed by atoms with Crippen molar-refractivity contribution < 1.29 is 14.4 Å². The van der Waals surface area contributed by atoms with Gasteiger partial charge in [-0.25, -0.2) is 0 Å². The summed E-state index contributed by atoms with van der Waals surface area (Å²) in [6.07, 6.45) is 5.33. The van der Waals surface area contributed by atoms with Crippen LogP contribution in [0.4, 0.5) is 0 Å². The van der Waals surface area contributed by atoms with Gasteiger partial charge in [0.15, 0.2) is 0 Å². The van der Waals surface area contributed by atoms with E-state index in [1.54, 1.807) is 11.8 Å². The Morgan fingerprint density at radius 1 is 1.19 bits per heavy atom. The molecule has 0 aromatic heterocycles. The third kappa shape index (κ3) is 8.47. The summed E-state index contributed by atoms with van der Waals surface area (Å²) in [7, 11) is 0. The summed E-state index contributed by atoms with van der Waals surface area (Å²) in [4.78, 5) is 43.2. The molecule has 1 unspecified atom stereocenters. The number of carbonyl (C=O) groups excluding carboxylic acids is 3. The smallest absolute Gasteiger partial charge is 0.242 e. The summed E-state index contributed by atoms with van der Waals surface area (Å²) in [5.41, 5.74) is 5.93. The molecule has 1 saturated heterocycles. The number of carbonyl (C=O) groups is 3. The number of rotatable bonds is 11. The van der Waals surface area contributed by atoms with E-state index in [0.29, 0.717) is 30.6 Å². The Bertz CT molecular complexity index is 657. The molecule has 1 saturated carbocycles. The number of nitrogens with one attached hydrogen (secondary N) is 1. The lowest BCUT2D eigenvalue weighted by molar-refractivity contribution is -0.139. The fourth-order valence-corrected chi connectivity index (χ4v) is 5.23. The van der Waals surface area contributed by atoms with E-state index in [2.05, 4.69) is 24.2 Å². The van der Waals surface area contributed by atoms with Crippen molar-refractivity contribution in [3.8, 4) is 0 Å². The minimum absolute atomic E-state index is 0.0453. The van der Waals surface area contributed by atoms with Gasteiger partial charge in [-0.3, -0.25) is 24.3 Å². The van der Waals surface area contributed by atoms with E-state index >= 15 is 0 Å². The SMILES string of the molecule is CC(C)CN=C(N)CCCSC1CC(=O)N(CC2CCC(C(=O)NC(C)C)CC2)C1=O. The number of aliphatic imine (C=N–C) groups is 1. The van der Waals surface area contributed by atoms with Crippen LogP contribution < -0.4 is 11.1 Å². The standard InChI is InChI=1S/C23H40N4O3S/c1-15(2)13-25-20(24)6-5-11-31-19-12-21(28)27(23(19)30)14-17-7-9-18(10-8-17)22(29)26-16(3)4/h15-19H,5-14H2,1-4H3,(H2,24,25)(H,26,29). The van der Waals surface area contributed by atoms with Crippen molar-refractivity contribution in [1.29, 1.82) is 0 Å². The second-order valence-electron chi connectivity index (χ2n) is 9.62. The first-order chi connectivity index (χ1) is 14.7. The number of amidine groups is 1. The van der Waals surface area contributed by atoms with Gasteiger partial charge < -0.3 is 11.1 Å².